The molecule has 0 radical (unpaired) electrons. The standard InChI is InChI=1S/C70H137NO13/c1-3-5-7-9-11-13-15-16-17-18-19-20-21-22-23-24-25-26-27-28-29-30-31-32-33-34-35-36-37-38-39-40-41-42-44-46-48-50-52-54-62(75)71-58(59(74)53-51-49-47-45-43-14-12-10-8-6-4-2)57-81-69-67(80)65(78)68(61(56-73)83-69)84-70-66(79)64(77)63(76)60(55-72)82-70/h58-61,63-70,72-74,76-80H,3-57H2,1-2H3,(H,71,75). The van der Waals surface area contributed by atoms with Gasteiger partial charge in [-0.05, 0) is 12.8 Å². The molecule has 12 atom stereocenters. The molecule has 0 saturated carbocycles. The third-order valence-electron chi connectivity index (χ3n) is 18.3. The number of rotatable bonds is 61. The molecule has 2 heterocycles. The summed E-state index contributed by atoms with van der Waals surface area (Å²) in [7, 11) is 0. The summed E-state index contributed by atoms with van der Waals surface area (Å²) < 4.78 is 22.8. The van der Waals surface area contributed by atoms with Crippen LogP contribution < -0.4 is 5.32 Å². The van der Waals surface area contributed by atoms with Crippen LogP contribution in [0.25, 0.3) is 0 Å². The van der Waals surface area contributed by atoms with Crippen molar-refractivity contribution in [1.29, 1.82) is 0 Å². The van der Waals surface area contributed by atoms with Gasteiger partial charge in [-0.1, -0.05) is 328 Å². The lowest BCUT2D eigenvalue weighted by Crippen LogP contribution is -2.65. The Bertz CT molecular complexity index is 1410. The highest BCUT2D eigenvalue weighted by Gasteiger charge is 2.51. The summed E-state index contributed by atoms with van der Waals surface area (Å²) in [5.41, 5.74) is 0. The number of hydrogen-bond donors (Lipinski definition) is 9. The molecule has 14 heteroatoms. The second-order valence-corrected chi connectivity index (χ2v) is 26.1. The van der Waals surface area contributed by atoms with E-state index in [9.17, 15) is 45.6 Å². The van der Waals surface area contributed by atoms with Gasteiger partial charge in [-0.2, -0.15) is 0 Å². The summed E-state index contributed by atoms with van der Waals surface area (Å²) in [6.07, 6.45) is 50.4. The summed E-state index contributed by atoms with van der Waals surface area (Å²) in [6, 6.07) is -0.822. The van der Waals surface area contributed by atoms with Crippen LogP contribution in [0.3, 0.4) is 0 Å². The highest BCUT2D eigenvalue weighted by Crippen LogP contribution is 2.30. The molecule has 12 unspecified atom stereocenters. The summed E-state index contributed by atoms with van der Waals surface area (Å²) >= 11 is 0. The highest BCUT2D eigenvalue weighted by atomic mass is 16.7. The largest absolute Gasteiger partial charge is 0.394 e. The van der Waals surface area contributed by atoms with Gasteiger partial charge in [0, 0.05) is 6.42 Å². The van der Waals surface area contributed by atoms with Crippen molar-refractivity contribution in [1.82, 2.24) is 5.32 Å². The van der Waals surface area contributed by atoms with E-state index in [0.29, 0.717) is 12.8 Å². The predicted octanol–water partition coefficient (Wildman–Crippen LogP) is 14.8. The molecule has 0 bridgehead atoms. The van der Waals surface area contributed by atoms with Gasteiger partial charge in [-0.15, -0.1) is 0 Å². The van der Waals surface area contributed by atoms with E-state index in [0.717, 1.165) is 51.4 Å². The first kappa shape index (κ1) is 79.1. The Labute approximate surface area is 514 Å². The molecule has 0 aliphatic carbocycles. The smallest absolute Gasteiger partial charge is 0.220 e. The van der Waals surface area contributed by atoms with E-state index in [-0.39, 0.29) is 12.5 Å². The molecular formula is C70H137NO13. The molecule has 9 N–H and O–H groups in total. The van der Waals surface area contributed by atoms with Crippen LogP contribution >= 0.6 is 0 Å². The Morgan fingerprint density at radius 1 is 0.381 bits per heavy atom. The lowest BCUT2D eigenvalue weighted by molar-refractivity contribution is -0.359. The number of ether oxygens (including phenoxy) is 4. The van der Waals surface area contributed by atoms with Crippen LogP contribution in [0, 0.1) is 0 Å². The number of aliphatic hydroxyl groups excluding tert-OH is 8. The third-order valence-corrected chi connectivity index (χ3v) is 18.3. The third kappa shape index (κ3) is 39.9. The fourth-order valence-corrected chi connectivity index (χ4v) is 12.5. The molecule has 2 fully saturated rings. The minimum Gasteiger partial charge on any atom is -0.394 e. The number of unbranched alkanes of at least 4 members (excludes halogenated alkanes) is 48. The number of aliphatic hydroxyl groups is 8. The maximum absolute atomic E-state index is 13.3. The van der Waals surface area contributed by atoms with Crippen LogP contribution in [-0.4, -0.2) is 140 Å². The zero-order chi connectivity index (χ0) is 60.9. The lowest BCUT2D eigenvalue weighted by atomic mass is 9.97. The molecule has 14 nitrogen and oxygen atoms in total. The first-order valence-corrected chi connectivity index (χ1v) is 36.3. The highest BCUT2D eigenvalue weighted by molar-refractivity contribution is 5.76. The average molecular weight is 1200 g/mol. The van der Waals surface area contributed by atoms with Crippen molar-refractivity contribution in [3.05, 3.63) is 0 Å². The minimum atomic E-state index is -1.78. The van der Waals surface area contributed by atoms with Gasteiger partial charge >= 0.3 is 0 Å². The number of amides is 1. The Kier molecular flexibility index (Phi) is 52.7. The van der Waals surface area contributed by atoms with Gasteiger partial charge in [0.25, 0.3) is 0 Å². The van der Waals surface area contributed by atoms with Gasteiger partial charge < -0.3 is 65.1 Å². The fraction of sp³-hybridized carbons (Fsp3) is 0.986. The van der Waals surface area contributed by atoms with E-state index in [4.69, 9.17) is 18.9 Å². The Morgan fingerprint density at radius 2 is 0.679 bits per heavy atom. The molecule has 0 aromatic heterocycles. The first-order chi connectivity index (χ1) is 41.1. The van der Waals surface area contributed by atoms with Gasteiger partial charge in [0.15, 0.2) is 12.6 Å². The lowest BCUT2D eigenvalue weighted by Gasteiger charge is -2.46. The van der Waals surface area contributed by atoms with Crippen LogP contribution in [0.4, 0.5) is 0 Å². The molecule has 0 aromatic carbocycles. The topological polar surface area (TPSA) is 228 Å². The van der Waals surface area contributed by atoms with E-state index < -0.39 is 86.8 Å². The normalized spacial score (nSPS) is 23.5. The Hall–Kier alpha value is -1.01. The molecule has 0 spiro atoms. The number of nitrogens with one attached hydrogen (secondary N) is 1. The fourth-order valence-electron chi connectivity index (χ4n) is 12.5. The van der Waals surface area contributed by atoms with Gasteiger partial charge in [-0.3, -0.25) is 4.79 Å². The maximum atomic E-state index is 13.3. The molecule has 2 aliphatic heterocycles. The van der Waals surface area contributed by atoms with Crippen molar-refractivity contribution in [2.75, 3.05) is 19.8 Å². The van der Waals surface area contributed by atoms with Crippen molar-refractivity contribution >= 4 is 5.91 Å². The average Bonchev–Trinajstić information content (AvgIpc) is 3.59. The quantitative estimate of drug-likeness (QED) is 0.0259. The summed E-state index contributed by atoms with van der Waals surface area (Å²) in [4.78, 5) is 13.3. The van der Waals surface area contributed by atoms with Crippen molar-refractivity contribution in [2.45, 2.75) is 421 Å². The van der Waals surface area contributed by atoms with E-state index in [2.05, 4.69) is 19.2 Å². The second-order valence-electron chi connectivity index (χ2n) is 26.1. The maximum Gasteiger partial charge on any atom is 0.220 e. The van der Waals surface area contributed by atoms with E-state index in [1.807, 2.05) is 0 Å². The van der Waals surface area contributed by atoms with Crippen LogP contribution in [0.15, 0.2) is 0 Å². The van der Waals surface area contributed by atoms with E-state index >= 15 is 0 Å². The Balaban J connectivity index is 1.50. The van der Waals surface area contributed by atoms with Gasteiger partial charge in [0.1, 0.15) is 48.8 Å². The Morgan fingerprint density at radius 3 is 1.01 bits per heavy atom. The van der Waals surface area contributed by atoms with Gasteiger partial charge in [-0.25, -0.2) is 0 Å². The first-order valence-electron chi connectivity index (χ1n) is 36.3. The molecule has 2 aliphatic rings. The summed E-state index contributed by atoms with van der Waals surface area (Å²) in [5.74, 6) is -0.200. The van der Waals surface area contributed by atoms with Crippen LogP contribution in [0.2, 0.25) is 0 Å². The molecule has 84 heavy (non-hydrogen) atoms. The molecular weight excluding hydrogens is 1060 g/mol. The van der Waals surface area contributed by atoms with Crippen molar-refractivity contribution < 1.29 is 64.6 Å². The van der Waals surface area contributed by atoms with Crippen molar-refractivity contribution in [3.63, 3.8) is 0 Å². The molecule has 500 valence electrons. The van der Waals surface area contributed by atoms with E-state index in [1.165, 1.54) is 270 Å². The molecule has 1 amide bonds. The van der Waals surface area contributed by atoms with Gasteiger partial charge in [0.2, 0.25) is 5.91 Å². The van der Waals surface area contributed by atoms with Crippen LogP contribution in [-0.2, 0) is 23.7 Å². The summed E-state index contributed by atoms with van der Waals surface area (Å²) in [5, 5.41) is 87.3. The number of carbonyl (C=O) groups is 1. The number of hydrogen-bond acceptors (Lipinski definition) is 13. The van der Waals surface area contributed by atoms with E-state index in [1.54, 1.807) is 0 Å². The number of carbonyl (C=O) groups excluding carboxylic acids is 1. The molecule has 0 aromatic rings. The van der Waals surface area contributed by atoms with Crippen molar-refractivity contribution in [2.24, 2.45) is 0 Å². The van der Waals surface area contributed by atoms with Crippen LogP contribution in [0.1, 0.15) is 348 Å². The monoisotopic (exact) mass is 1200 g/mol. The SMILES string of the molecule is CCCCCCCCCCCCCCCCCCCCCCCCCCCCCCCCCCCCCCCCCC(=O)NC(COC1OC(CO)C(OC2OC(CO)C(O)C(O)C2O)C(O)C1O)C(O)CCCCCCCCCCCCC. The van der Waals surface area contributed by atoms with Crippen LogP contribution in [0.5, 0.6) is 0 Å². The second kappa shape index (κ2) is 56.0. The molecule has 2 rings (SSSR count). The zero-order valence-electron chi connectivity index (χ0n) is 54.4. The molecule has 2 saturated heterocycles. The zero-order valence-corrected chi connectivity index (χ0v) is 54.4. The minimum absolute atomic E-state index is 0.200. The summed E-state index contributed by atoms with van der Waals surface area (Å²) in [6.45, 7) is 2.89. The van der Waals surface area contributed by atoms with Gasteiger partial charge in [0.05, 0.1) is 32.0 Å². The predicted molar refractivity (Wildman–Crippen MR) is 342 cm³/mol. The van der Waals surface area contributed by atoms with Crippen molar-refractivity contribution in [3.8, 4) is 0 Å².